The van der Waals surface area contributed by atoms with Gasteiger partial charge in [-0.3, -0.25) is 9.69 Å². The van der Waals surface area contributed by atoms with Gasteiger partial charge in [-0.25, -0.2) is 56.2 Å². The fourth-order valence-electron chi connectivity index (χ4n) is 8.56. The average molecular weight is 917 g/mol. The highest BCUT2D eigenvalue weighted by Crippen LogP contribution is 2.34. The zero-order valence-electron chi connectivity index (χ0n) is 37.8. The largest absolute Gasteiger partial charge is 0.369 e. The van der Waals surface area contributed by atoms with Gasteiger partial charge in [0.05, 0.1) is 52.6 Å². The van der Waals surface area contributed by atoms with Crippen molar-refractivity contribution in [2.24, 2.45) is 11.7 Å². The summed E-state index contributed by atoms with van der Waals surface area (Å²) in [5.74, 6) is 1.06. The monoisotopic (exact) mass is 916 g/mol. The lowest BCUT2D eigenvalue weighted by Crippen LogP contribution is -2.55. The summed E-state index contributed by atoms with van der Waals surface area (Å²) in [5.41, 5.74) is 5.79. The Morgan fingerprint density at radius 2 is 1.14 bits per heavy atom. The molecule has 2 saturated heterocycles. The molecular formula is C47H54F6N12O. The number of nitrogens with two attached hydrogens (primary N) is 1. The van der Waals surface area contributed by atoms with Gasteiger partial charge in [0.15, 0.2) is 0 Å². The van der Waals surface area contributed by atoms with E-state index in [1.807, 2.05) is 17.0 Å². The first-order chi connectivity index (χ1) is 31.4. The predicted molar refractivity (Wildman–Crippen MR) is 244 cm³/mol. The summed E-state index contributed by atoms with van der Waals surface area (Å²) in [6.07, 6.45) is -0.862. The van der Waals surface area contributed by atoms with E-state index in [1.54, 1.807) is 40.1 Å². The quantitative estimate of drug-likeness (QED) is 0.106. The summed E-state index contributed by atoms with van der Waals surface area (Å²) in [5, 5.41) is 7.77. The van der Waals surface area contributed by atoms with Gasteiger partial charge in [0.25, 0.3) is 12.9 Å². The number of primary amides is 1. The number of carbonyl (C=O) groups excluding carboxylic acids is 1. The van der Waals surface area contributed by atoms with Crippen LogP contribution in [0.3, 0.4) is 0 Å². The minimum Gasteiger partial charge on any atom is -0.369 e. The van der Waals surface area contributed by atoms with Gasteiger partial charge in [0, 0.05) is 60.2 Å². The van der Waals surface area contributed by atoms with Crippen LogP contribution in [-0.4, -0.2) is 86.0 Å². The van der Waals surface area contributed by atoms with Gasteiger partial charge in [-0.1, -0.05) is 36.4 Å². The van der Waals surface area contributed by atoms with E-state index in [2.05, 4.69) is 71.2 Å². The van der Waals surface area contributed by atoms with E-state index < -0.39 is 47.7 Å². The lowest BCUT2D eigenvalue weighted by atomic mass is 9.97. The van der Waals surface area contributed by atoms with Crippen molar-refractivity contribution in [2.75, 3.05) is 53.7 Å². The number of halogens is 6. The number of alkyl halides is 4. The fourth-order valence-corrected chi connectivity index (χ4v) is 8.56. The van der Waals surface area contributed by atoms with Crippen LogP contribution in [0.25, 0.3) is 21.8 Å². The van der Waals surface area contributed by atoms with Crippen molar-refractivity contribution in [3.63, 3.8) is 0 Å². The van der Waals surface area contributed by atoms with E-state index in [0.29, 0.717) is 64.2 Å². The molecule has 5 atom stereocenters. The van der Waals surface area contributed by atoms with Crippen LogP contribution in [0.5, 0.6) is 0 Å². The Bertz CT molecular complexity index is 2700. The Kier molecular flexibility index (Phi) is 14.4. The van der Waals surface area contributed by atoms with Crippen LogP contribution in [0.2, 0.25) is 0 Å². The minimum absolute atomic E-state index is 0.117. The molecule has 8 rings (SSSR count). The zero-order chi connectivity index (χ0) is 47.6. The molecule has 350 valence electrons. The fraction of sp³-hybridized carbons (Fsp3) is 0.426. The summed E-state index contributed by atoms with van der Waals surface area (Å²) in [6.45, 7) is 14.2. The summed E-state index contributed by atoms with van der Waals surface area (Å²) >= 11 is 0. The zero-order valence-corrected chi connectivity index (χ0v) is 37.8. The maximum atomic E-state index is 14.7. The topological polar surface area (TPSA) is 154 Å². The molecule has 1 amide bonds. The number of likely N-dealkylation sites (N-methyl/N-ethyl adjacent to an activating group) is 1. The number of rotatable bonds is 11. The number of piperidine rings is 1. The predicted octanol–water partition coefficient (Wildman–Crippen LogP) is 9.40. The van der Waals surface area contributed by atoms with E-state index >= 15 is 0 Å². The second kappa shape index (κ2) is 20.0. The molecule has 66 heavy (non-hydrogen) atoms. The van der Waals surface area contributed by atoms with Gasteiger partial charge in [-0.05, 0) is 73.6 Å². The number of aromatic nitrogens is 6. The highest BCUT2D eigenvalue weighted by molar-refractivity contribution is 5.91. The Morgan fingerprint density at radius 3 is 1.58 bits per heavy atom. The van der Waals surface area contributed by atoms with Gasteiger partial charge in [0.2, 0.25) is 5.91 Å². The highest BCUT2D eigenvalue weighted by Gasteiger charge is 2.29. The van der Waals surface area contributed by atoms with Gasteiger partial charge in [0.1, 0.15) is 46.6 Å². The van der Waals surface area contributed by atoms with Crippen LogP contribution in [0.1, 0.15) is 99.4 Å². The Labute approximate surface area is 379 Å². The van der Waals surface area contributed by atoms with Crippen LogP contribution in [0.15, 0.2) is 60.9 Å². The molecule has 0 radical (unpaired) electrons. The number of hydrogen-bond acceptors (Lipinski definition) is 12. The SMILES string of the molecule is Cc1nc(NC(C)c2cccc(C(F)F)c2F)c2cc(N3CCC[C@H](C(N)=O)C3)ncc2n1.Cc1nc(NC(C)c2cccc(C(F)F)c2F)c2cc(N3C[C@@H](C)N(C)[C@@H](C)C3)ncc2n1. The van der Waals surface area contributed by atoms with Crippen molar-refractivity contribution in [2.45, 2.75) is 91.4 Å². The number of benzene rings is 2. The first-order valence-corrected chi connectivity index (χ1v) is 21.9. The molecule has 2 fully saturated rings. The number of fused-ring (bicyclic) bond motifs is 2. The molecule has 4 aromatic heterocycles. The number of amides is 1. The number of nitrogens with one attached hydrogen (secondary N) is 2. The van der Waals surface area contributed by atoms with Gasteiger partial charge >= 0.3 is 0 Å². The summed E-state index contributed by atoms with van der Waals surface area (Å²) < 4.78 is 82.0. The second-order valence-electron chi connectivity index (χ2n) is 17.1. The van der Waals surface area contributed by atoms with Crippen molar-refractivity contribution >= 4 is 51.0 Å². The van der Waals surface area contributed by atoms with Gasteiger partial charge in [-0.2, -0.15) is 0 Å². The molecule has 2 aliphatic heterocycles. The molecule has 4 N–H and O–H groups in total. The molecule has 0 aliphatic carbocycles. The number of hydrogen-bond donors (Lipinski definition) is 3. The number of aryl methyl sites for hydroxylation is 2. The lowest BCUT2D eigenvalue weighted by molar-refractivity contribution is -0.122. The average Bonchev–Trinajstić information content (AvgIpc) is 3.27. The van der Waals surface area contributed by atoms with E-state index in [-0.39, 0.29) is 23.0 Å². The van der Waals surface area contributed by atoms with E-state index in [0.717, 1.165) is 55.8 Å². The molecule has 6 heterocycles. The molecule has 0 saturated carbocycles. The molecule has 0 spiro atoms. The van der Waals surface area contributed by atoms with E-state index in [4.69, 9.17) is 5.73 Å². The van der Waals surface area contributed by atoms with Crippen LogP contribution in [-0.2, 0) is 4.79 Å². The number of piperazine rings is 1. The van der Waals surface area contributed by atoms with Crippen LogP contribution < -0.4 is 26.2 Å². The van der Waals surface area contributed by atoms with E-state index in [9.17, 15) is 31.1 Å². The third kappa shape index (κ3) is 10.3. The summed E-state index contributed by atoms with van der Waals surface area (Å²) in [6, 6.07) is 11.3. The van der Waals surface area contributed by atoms with Crippen LogP contribution in [0.4, 0.5) is 49.6 Å². The first-order valence-electron chi connectivity index (χ1n) is 21.9. The molecule has 2 aliphatic rings. The van der Waals surface area contributed by atoms with Crippen molar-refractivity contribution in [1.29, 1.82) is 0 Å². The molecule has 2 aromatic carbocycles. The number of nitrogens with zero attached hydrogens (tertiary/aromatic N) is 9. The van der Waals surface area contributed by atoms with E-state index in [1.165, 1.54) is 24.3 Å². The number of carbonyl (C=O) groups is 1. The lowest BCUT2D eigenvalue weighted by Gasteiger charge is -2.43. The highest BCUT2D eigenvalue weighted by atomic mass is 19.3. The smallest absolute Gasteiger partial charge is 0.266 e. The standard InChI is InChI=1S/C24H29F3N6.C23H25F3N6O/c1-13-11-33(12-14(2)32(13)5)21-9-19-20(10-28-21)30-16(4)31-24(19)29-15(3)17-7-6-8-18(22(17)25)23(26)27;1-12(15-6-3-7-16(20(15)24)21(25)26)29-23-17-9-19(28-10-18(17)30-13(2)31-23)32-8-4-5-14(11-32)22(27)33/h6-10,13-15,23H,11-12H2,1-5H3,(H,29,30,31);3,6-7,9-10,12,14,21H,4-5,8,11H2,1-2H3,(H2,27,33)(H,29,30,31)/t13-,14+,15?;12?,14-/m.0/s1. The first kappa shape index (κ1) is 47.6. The maximum Gasteiger partial charge on any atom is 0.266 e. The minimum atomic E-state index is -2.90. The number of anilines is 4. The van der Waals surface area contributed by atoms with Crippen LogP contribution in [0, 0.1) is 31.4 Å². The second-order valence-corrected chi connectivity index (χ2v) is 17.1. The van der Waals surface area contributed by atoms with Gasteiger partial charge < -0.3 is 26.2 Å². The van der Waals surface area contributed by atoms with Gasteiger partial charge in [-0.15, -0.1) is 0 Å². The molecule has 13 nitrogen and oxygen atoms in total. The Balaban J connectivity index is 0.000000196. The van der Waals surface area contributed by atoms with Crippen molar-refractivity contribution < 1.29 is 31.1 Å². The summed E-state index contributed by atoms with van der Waals surface area (Å²) in [4.78, 5) is 45.3. The molecule has 0 bridgehead atoms. The molecule has 19 heteroatoms. The van der Waals surface area contributed by atoms with Crippen molar-refractivity contribution in [3.8, 4) is 0 Å². The molecule has 2 unspecified atom stereocenters. The third-order valence-electron chi connectivity index (χ3n) is 12.4. The summed E-state index contributed by atoms with van der Waals surface area (Å²) in [7, 11) is 2.13. The normalized spacial score (nSPS) is 18.9. The molecular weight excluding hydrogens is 863 g/mol. The van der Waals surface area contributed by atoms with Crippen molar-refractivity contribution in [1.82, 2.24) is 34.8 Å². The Morgan fingerprint density at radius 1 is 0.697 bits per heavy atom. The van der Waals surface area contributed by atoms with Crippen LogP contribution >= 0.6 is 0 Å². The number of pyridine rings is 2. The Hall–Kier alpha value is -6.37. The molecule has 6 aromatic rings. The van der Waals surface area contributed by atoms with Crippen molar-refractivity contribution in [3.05, 3.63) is 106 Å². The third-order valence-corrected chi connectivity index (χ3v) is 12.4. The maximum absolute atomic E-state index is 14.7.